The zero-order valence-corrected chi connectivity index (χ0v) is 13.8. The van der Waals surface area contributed by atoms with Gasteiger partial charge in [0.05, 0.1) is 12.9 Å². The molecule has 2 aliphatic heterocycles. The Morgan fingerprint density at radius 3 is 2.46 bits per heavy atom. The Balaban J connectivity index is 0.000000236. The van der Waals surface area contributed by atoms with E-state index in [9.17, 15) is 10.2 Å². The van der Waals surface area contributed by atoms with Gasteiger partial charge in [-0.3, -0.25) is 4.57 Å². The van der Waals surface area contributed by atoms with Crippen LogP contribution in [-0.2, 0) is 4.74 Å². The molecular weight excluding hydrogens is 340 g/mol. The second-order valence-corrected chi connectivity index (χ2v) is 5.58. The van der Waals surface area contributed by atoms with E-state index in [1.807, 2.05) is 36.7 Å². The fourth-order valence-corrected chi connectivity index (χ4v) is 2.57. The number of hydrogen-bond acceptors (Lipinski definition) is 9. The van der Waals surface area contributed by atoms with Crippen LogP contribution in [0.15, 0.2) is 49.4 Å². The van der Waals surface area contributed by atoms with Gasteiger partial charge in [0.15, 0.2) is 17.7 Å². The van der Waals surface area contributed by atoms with Crippen LogP contribution in [0.5, 0.6) is 0 Å². The van der Waals surface area contributed by atoms with E-state index in [1.165, 1.54) is 17.2 Å². The summed E-state index contributed by atoms with van der Waals surface area (Å²) in [5.41, 5.74) is 6.44. The third-order valence-electron chi connectivity index (χ3n) is 3.90. The number of ether oxygens (including phenoxy) is 1. The molecule has 0 aliphatic carbocycles. The minimum absolute atomic E-state index is 0.218. The third-order valence-corrected chi connectivity index (χ3v) is 3.90. The average molecular weight is 360 g/mol. The van der Waals surface area contributed by atoms with E-state index in [1.54, 1.807) is 0 Å². The number of aromatic nitrogens is 4. The largest absolute Gasteiger partial charge is 0.394 e. The highest BCUT2D eigenvalue weighted by Crippen LogP contribution is 2.31. The molecule has 138 valence electrons. The summed E-state index contributed by atoms with van der Waals surface area (Å²) in [6.45, 7) is -0.390. The standard InChI is InChI=1S/C10H13N5O4.C6H7N/c11-8-5-9(13-2-12-8)15(3-14-5)10-7(18)6(17)4(1-16)19-10;1-2-4-6-7-5-3-1/h2-4,6-7,10,16-18H,1H2,(H2,11,12,13);1-7H/t4-,6-,7-,10-;/m1./s1. The quantitative estimate of drug-likeness (QED) is 0.463. The maximum atomic E-state index is 9.95. The number of nitrogens with one attached hydrogen (secondary N) is 1. The van der Waals surface area contributed by atoms with Crippen LogP contribution in [0.25, 0.3) is 11.2 Å². The van der Waals surface area contributed by atoms with Gasteiger partial charge in [0.25, 0.3) is 0 Å². The lowest BCUT2D eigenvalue weighted by Crippen LogP contribution is -2.33. The van der Waals surface area contributed by atoms with Crippen molar-refractivity contribution in [3.63, 3.8) is 0 Å². The van der Waals surface area contributed by atoms with E-state index in [2.05, 4.69) is 20.3 Å². The number of nitrogens with two attached hydrogens (primary N) is 1. The van der Waals surface area contributed by atoms with Gasteiger partial charge in [-0.25, -0.2) is 15.0 Å². The number of hydrogen-bond donors (Lipinski definition) is 5. The summed E-state index contributed by atoms with van der Waals surface area (Å²) < 4.78 is 6.85. The molecule has 0 amide bonds. The van der Waals surface area contributed by atoms with Crippen LogP contribution in [0.3, 0.4) is 0 Å². The molecule has 0 radical (unpaired) electrons. The number of aliphatic hydroxyl groups is 3. The van der Waals surface area contributed by atoms with E-state index < -0.39 is 31.1 Å². The van der Waals surface area contributed by atoms with Gasteiger partial charge >= 0.3 is 0 Å². The zero-order valence-electron chi connectivity index (χ0n) is 13.8. The Morgan fingerprint density at radius 1 is 1.08 bits per heavy atom. The molecule has 2 aliphatic rings. The van der Waals surface area contributed by atoms with Crippen LogP contribution in [0.2, 0.25) is 0 Å². The molecule has 1 fully saturated rings. The van der Waals surface area contributed by atoms with Gasteiger partial charge in [-0.1, -0.05) is 12.2 Å². The normalized spacial score (nSPS) is 27.0. The van der Waals surface area contributed by atoms with E-state index in [-0.39, 0.29) is 5.82 Å². The molecule has 26 heavy (non-hydrogen) atoms. The van der Waals surface area contributed by atoms with E-state index in [0.717, 1.165) is 0 Å². The molecule has 0 unspecified atom stereocenters. The maximum Gasteiger partial charge on any atom is 0.167 e. The summed E-state index contributed by atoms with van der Waals surface area (Å²) in [6.07, 6.45) is 10.2. The Morgan fingerprint density at radius 2 is 1.81 bits per heavy atom. The van der Waals surface area contributed by atoms with Crippen molar-refractivity contribution < 1.29 is 20.1 Å². The lowest BCUT2D eigenvalue weighted by Gasteiger charge is -2.16. The highest BCUT2D eigenvalue weighted by atomic mass is 16.6. The van der Waals surface area contributed by atoms with E-state index >= 15 is 0 Å². The summed E-state index contributed by atoms with van der Waals surface area (Å²) >= 11 is 0. The Labute approximate surface area is 149 Å². The van der Waals surface area contributed by atoms with Crippen molar-refractivity contribution in [2.75, 3.05) is 12.3 Å². The lowest BCUT2D eigenvalue weighted by molar-refractivity contribution is -0.0511. The molecule has 10 nitrogen and oxygen atoms in total. The minimum Gasteiger partial charge on any atom is -0.394 e. The predicted octanol–water partition coefficient (Wildman–Crippen LogP) is -0.807. The summed E-state index contributed by atoms with van der Waals surface area (Å²) in [4.78, 5) is 11.9. The summed E-state index contributed by atoms with van der Waals surface area (Å²) in [6, 6.07) is 0. The molecule has 2 aromatic heterocycles. The van der Waals surface area contributed by atoms with Crippen molar-refractivity contribution in [2.45, 2.75) is 24.5 Å². The van der Waals surface area contributed by atoms with Crippen molar-refractivity contribution in [3.8, 4) is 0 Å². The number of anilines is 1. The number of rotatable bonds is 2. The van der Waals surface area contributed by atoms with Gasteiger partial charge in [-0.05, 0) is 12.2 Å². The predicted molar refractivity (Wildman–Crippen MR) is 93.3 cm³/mol. The molecule has 10 heteroatoms. The molecule has 1 saturated heterocycles. The molecule has 6 N–H and O–H groups in total. The third kappa shape index (κ3) is 3.58. The molecule has 0 saturated carbocycles. The monoisotopic (exact) mass is 360 g/mol. The highest BCUT2D eigenvalue weighted by molar-refractivity contribution is 5.81. The fraction of sp³-hybridized carbons (Fsp3) is 0.312. The van der Waals surface area contributed by atoms with Crippen molar-refractivity contribution in [3.05, 3.63) is 49.4 Å². The fourth-order valence-electron chi connectivity index (χ4n) is 2.57. The first-order chi connectivity index (χ1) is 12.6. The van der Waals surface area contributed by atoms with Crippen LogP contribution in [0.1, 0.15) is 6.23 Å². The van der Waals surface area contributed by atoms with Gasteiger partial charge < -0.3 is 31.1 Å². The molecule has 2 aromatic rings. The first-order valence-electron chi connectivity index (χ1n) is 7.93. The molecule has 0 aromatic carbocycles. The number of imidazole rings is 1. The number of fused-ring (bicyclic) bond motifs is 1. The second-order valence-electron chi connectivity index (χ2n) is 5.58. The van der Waals surface area contributed by atoms with Gasteiger partial charge in [0, 0.05) is 12.4 Å². The SMILES string of the molecule is C1=CC=CNC=C1.Nc1ncnc2c1ncn2[C@@H]1O[C@H](CO)[C@@H](O)[C@H]1O. The maximum absolute atomic E-state index is 9.95. The Bertz CT molecular complexity index is 819. The molecule has 4 atom stereocenters. The van der Waals surface area contributed by atoms with Gasteiger partial charge in [0.2, 0.25) is 0 Å². The molecule has 4 rings (SSSR count). The molecule has 0 spiro atoms. The van der Waals surface area contributed by atoms with Crippen molar-refractivity contribution in [1.29, 1.82) is 0 Å². The van der Waals surface area contributed by atoms with Crippen LogP contribution in [0, 0.1) is 0 Å². The number of nitrogen functional groups attached to an aromatic ring is 1. The van der Waals surface area contributed by atoms with E-state index in [0.29, 0.717) is 11.2 Å². The molecule has 0 bridgehead atoms. The minimum atomic E-state index is -1.19. The number of allylic oxidation sites excluding steroid dienone is 4. The lowest BCUT2D eigenvalue weighted by atomic mass is 10.1. The molecule has 4 heterocycles. The van der Waals surface area contributed by atoms with Crippen LogP contribution < -0.4 is 11.1 Å². The first-order valence-corrected chi connectivity index (χ1v) is 7.93. The van der Waals surface area contributed by atoms with Crippen molar-refractivity contribution in [2.24, 2.45) is 0 Å². The zero-order chi connectivity index (χ0) is 18.5. The smallest absolute Gasteiger partial charge is 0.167 e. The number of aliphatic hydroxyl groups excluding tert-OH is 3. The van der Waals surface area contributed by atoms with Crippen LogP contribution in [-0.4, -0.2) is 59.8 Å². The van der Waals surface area contributed by atoms with Crippen LogP contribution >= 0.6 is 0 Å². The highest BCUT2D eigenvalue weighted by Gasteiger charge is 2.43. The van der Waals surface area contributed by atoms with Gasteiger partial charge in [-0.15, -0.1) is 0 Å². The first kappa shape index (κ1) is 18.0. The number of nitrogens with zero attached hydrogens (tertiary/aromatic N) is 4. The second kappa shape index (κ2) is 8.06. The van der Waals surface area contributed by atoms with Crippen molar-refractivity contribution in [1.82, 2.24) is 24.8 Å². The summed E-state index contributed by atoms with van der Waals surface area (Å²) in [5, 5.41) is 31.7. The summed E-state index contributed by atoms with van der Waals surface area (Å²) in [5.74, 6) is 0.218. The Hall–Kier alpha value is -2.79. The summed E-state index contributed by atoms with van der Waals surface area (Å²) in [7, 11) is 0. The van der Waals surface area contributed by atoms with Crippen molar-refractivity contribution >= 4 is 17.0 Å². The molecular formula is C16H20N6O4. The average Bonchev–Trinajstić information content (AvgIpc) is 3.03. The van der Waals surface area contributed by atoms with Gasteiger partial charge in [0.1, 0.15) is 30.2 Å². The van der Waals surface area contributed by atoms with E-state index in [4.69, 9.17) is 15.6 Å². The van der Waals surface area contributed by atoms with Gasteiger partial charge in [-0.2, -0.15) is 0 Å². The Kier molecular flexibility index (Phi) is 5.58. The topological polar surface area (TPSA) is 152 Å². The van der Waals surface area contributed by atoms with Crippen LogP contribution in [0.4, 0.5) is 5.82 Å².